The summed E-state index contributed by atoms with van der Waals surface area (Å²) in [6, 6.07) is 9.91. The summed E-state index contributed by atoms with van der Waals surface area (Å²) in [6.45, 7) is 0. The van der Waals surface area contributed by atoms with E-state index >= 15 is 0 Å². The molecule has 6 nitrogen and oxygen atoms in total. The fourth-order valence-electron chi connectivity index (χ4n) is 2.26. The Morgan fingerprint density at radius 3 is 2.68 bits per heavy atom. The minimum atomic E-state index is -1.02. The normalized spacial score (nSPS) is 15.3. The van der Waals surface area contributed by atoms with Gasteiger partial charge in [0.1, 0.15) is 6.04 Å². The predicted octanol–water partition coefficient (Wildman–Crippen LogP) is 2.32. The van der Waals surface area contributed by atoms with Crippen LogP contribution in [-0.4, -0.2) is 28.2 Å². The van der Waals surface area contributed by atoms with Gasteiger partial charge in [0.2, 0.25) is 0 Å². The number of hydrogen-bond acceptors (Lipinski definition) is 4. The molecule has 2 N–H and O–H groups in total. The van der Waals surface area contributed by atoms with Crippen LogP contribution in [-0.2, 0) is 4.79 Å². The third kappa shape index (κ3) is 3.33. The number of nitrogens with zero attached hydrogens (tertiary/aromatic N) is 1. The van der Waals surface area contributed by atoms with Gasteiger partial charge in [-0.2, -0.15) is 0 Å². The number of carbonyl (C=O) groups is 2. The molecule has 2 aromatic rings. The molecule has 1 aliphatic rings. The SMILES string of the molecule is O=C(NC(CC1CC1)C(=O)O)c1cc(-c2ccccc2)on1. The predicted molar refractivity (Wildman–Crippen MR) is 78.2 cm³/mol. The van der Waals surface area contributed by atoms with Crippen LogP contribution in [0, 0.1) is 5.92 Å². The van der Waals surface area contributed by atoms with E-state index in [2.05, 4.69) is 10.5 Å². The maximum atomic E-state index is 12.1. The van der Waals surface area contributed by atoms with Crippen LogP contribution in [0.2, 0.25) is 0 Å². The summed E-state index contributed by atoms with van der Waals surface area (Å²) in [4.78, 5) is 23.3. The summed E-state index contributed by atoms with van der Waals surface area (Å²) in [6.07, 6.45) is 2.52. The van der Waals surface area contributed by atoms with Crippen LogP contribution in [0.25, 0.3) is 11.3 Å². The zero-order valence-electron chi connectivity index (χ0n) is 11.9. The van der Waals surface area contributed by atoms with Crippen LogP contribution in [0.5, 0.6) is 0 Å². The number of amides is 1. The van der Waals surface area contributed by atoms with Gasteiger partial charge >= 0.3 is 5.97 Å². The Balaban J connectivity index is 1.69. The first-order valence-corrected chi connectivity index (χ1v) is 7.19. The van der Waals surface area contributed by atoms with Crippen molar-refractivity contribution >= 4 is 11.9 Å². The number of hydrogen-bond donors (Lipinski definition) is 2. The molecule has 1 saturated carbocycles. The number of benzene rings is 1. The molecule has 0 bridgehead atoms. The summed E-state index contributed by atoms with van der Waals surface area (Å²) in [5, 5.41) is 15.4. The smallest absolute Gasteiger partial charge is 0.326 e. The van der Waals surface area contributed by atoms with E-state index < -0.39 is 17.9 Å². The second-order valence-electron chi connectivity index (χ2n) is 5.49. The second-order valence-corrected chi connectivity index (χ2v) is 5.49. The number of nitrogens with one attached hydrogen (secondary N) is 1. The molecule has 0 spiro atoms. The third-order valence-electron chi connectivity index (χ3n) is 3.67. The molecule has 0 radical (unpaired) electrons. The fraction of sp³-hybridized carbons (Fsp3) is 0.312. The van der Waals surface area contributed by atoms with Gasteiger partial charge in [-0.15, -0.1) is 0 Å². The molecular formula is C16H16N2O4. The molecule has 1 aromatic carbocycles. The van der Waals surface area contributed by atoms with E-state index in [4.69, 9.17) is 4.52 Å². The maximum Gasteiger partial charge on any atom is 0.326 e. The van der Waals surface area contributed by atoms with Gasteiger partial charge in [-0.3, -0.25) is 4.79 Å². The Bertz CT molecular complexity index is 676. The molecule has 1 unspecified atom stereocenters. The highest BCUT2D eigenvalue weighted by Gasteiger charge is 2.31. The summed E-state index contributed by atoms with van der Waals surface area (Å²) in [5.41, 5.74) is 0.891. The largest absolute Gasteiger partial charge is 0.480 e. The van der Waals surface area contributed by atoms with Gasteiger partial charge in [-0.05, 0) is 12.3 Å². The van der Waals surface area contributed by atoms with Crippen molar-refractivity contribution < 1.29 is 19.2 Å². The van der Waals surface area contributed by atoms with Gasteiger partial charge in [-0.25, -0.2) is 4.79 Å². The molecule has 22 heavy (non-hydrogen) atoms. The van der Waals surface area contributed by atoms with E-state index in [1.165, 1.54) is 6.07 Å². The minimum absolute atomic E-state index is 0.0842. The first-order chi connectivity index (χ1) is 10.6. The van der Waals surface area contributed by atoms with Crippen molar-refractivity contribution in [2.75, 3.05) is 0 Å². The average Bonchev–Trinajstić information content (AvgIpc) is 3.20. The molecule has 1 aromatic heterocycles. The molecule has 0 saturated heterocycles. The summed E-state index contributed by atoms with van der Waals surface area (Å²) in [7, 11) is 0. The fourth-order valence-corrected chi connectivity index (χ4v) is 2.26. The van der Waals surface area contributed by atoms with Gasteiger partial charge in [0.05, 0.1) is 0 Å². The van der Waals surface area contributed by atoms with E-state index in [-0.39, 0.29) is 5.69 Å². The summed E-state index contributed by atoms with van der Waals surface area (Å²) in [5.74, 6) is -0.676. The van der Waals surface area contributed by atoms with Crippen LogP contribution in [0.4, 0.5) is 0 Å². The Labute approximate surface area is 127 Å². The van der Waals surface area contributed by atoms with Crippen LogP contribution in [0.15, 0.2) is 40.9 Å². The molecule has 1 fully saturated rings. The lowest BCUT2D eigenvalue weighted by atomic mass is 10.1. The standard InChI is InChI=1S/C16H16N2O4/c19-15(17-13(16(20)21)8-10-6-7-10)12-9-14(22-18-12)11-4-2-1-3-5-11/h1-5,9-10,13H,6-8H2,(H,17,19)(H,20,21). The third-order valence-corrected chi connectivity index (χ3v) is 3.67. The Morgan fingerprint density at radius 2 is 2.05 bits per heavy atom. The van der Waals surface area contributed by atoms with E-state index in [0.717, 1.165) is 18.4 Å². The number of aliphatic carboxylic acids is 1. The highest BCUT2D eigenvalue weighted by Crippen LogP contribution is 2.33. The zero-order valence-corrected chi connectivity index (χ0v) is 11.9. The second kappa shape index (κ2) is 6.01. The molecule has 6 heteroatoms. The number of carboxylic acids is 1. The van der Waals surface area contributed by atoms with Crippen molar-refractivity contribution in [1.82, 2.24) is 10.5 Å². The van der Waals surface area contributed by atoms with Crippen molar-refractivity contribution in [3.8, 4) is 11.3 Å². The van der Waals surface area contributed by atoms with E-state index in [1.807, 2.05) is 30.3 Å². The first kappa shape index (κ1) is 14.3. The zero-order chi connectivity index (χ0) is 15.5. The van der Waals surface area contributed by atoms with Crippen LogP contribution >= 0.6 is 0 Å². The van der Waals surface area contributed by atoms with E-state index in [9.17, 15) is 14.7 Å². The molecule has 1 amide bonds. The molecule has 114 valence electrons. The summed E-state index contributed by atoms with van der Waals surface area (Å²) < 4.78 is 5.15. The van der Waals surface area contributed by atoms with Crippen molar-refractivity contribution in [3.63, 3.8) is 0 Å². The van der Waals surface area contributed by atoms with Gasteiger partial charge in [0, 0.05) is 11.6 Å². The minimum Gasteiger partial charge on any atom is -0.480 e. The highest BCUT2D eigenvalue weighted by atomic mass is 16.5. The summed E-state index contributed by atoms with van der Waals surface area (Å²) >= 11 is 0. The van der Waals surface area contributed by atoms with Gasteiger partial charge < -0.3 is 14.9 Å². The molecular weight excluding hydrogens is 284 g/mol. The lowest BCUT2D eigenvalue weighted by Crippen LogP contribution is -2.41. The topological polar surface area (TPSA) is 92.4 Å². The number of rotatable bonds is 6. The monoisotopic (exact) mass is 300 g/mol. The quantitative estimate of drug-likeness (QED) is 0.854. The van der Waals surface area contributed by atoms with Crippen LogP contribution < -0.4 is 5.32 Å². The number of carbonyl (C=O) groups excluding carboxylic acids is 1. The maximum absolute atomic E-state index is 12.1. The van der Waals surface area contributed by atoms with Gasteiger partial charge in [0.15, 0.2) is 11.5 Å². The Kier molecular flexibility index (Phi) is 3.91. The molecule has 3 rings (SSSR count). The number of carboxylic acid groups (broad SMARTS) is 1. The van der Waals surface area contributed by atoms with Crippen molar-refractivity contribution in [3.05, 3.63) is 42.1 Å². The molecule has 1 aliphatic carbocycles. The van der Waals surface area contributed by atoms with E-state index in [1.54, 1.807) is 0 Å². The number of aromatic nitrogens is 1. The van der Waals surface area contributed by atoms with E-state index in [0.29, 0.717) is 18.1 Å². The molecule has 1 heterocycles. The van der Waals surface area contributed by atoms with Gasteiger partial charge in [-0.1, -0.05) is 48.3 Å². The first-order valence-electron chi connectivity index (χ1n) is 7.19. The van der Waals surface area contributed by atoms with Crippen LogP contribution in [0.1, 0.15) is 29.8 Å². The molecule has 0 aliphatic heterocycles. The van der Waals surface area contributed by atoms with Crippen molar-refractivity contribution in [2.24, 2.45) is 5.92 Å². The lowest BCUT2D eigenvalue weighted by Gasteiger charge is -2.12. The lowest BCUT2D eigenvalue weighted by molar-refractivity contribution is -0.139. The molecule has 1 atom stereocenters. The van der Waals surface area contributed by atoms with Crippen LogP contribution in [0.3, 0.4) is 0 Å². The van der Waals surface area contributed by atoms with Crippen molar-refractivity contribution in [1.29, 1.82) is 0 Å². The van der Waals surface area contributed by atoms with Crippen molar-refractivity contribution in [2.45, 2.75) is 25.3 Å². The van der Waals surface area contributed by atoms with Gasteiger partial charge in [0.25, 0.3) is 5.91 Å². The Hall–Kier alpha value is -2.63. The average molecular weight is 300 g/mol. The Morgan fingerprint density at radius 1 is 1.32 bits per heavy atom. The highest BCUT2D eigenvalue weighted by molar-refractivity contribution is 5.95.